The molecule has 2 rings (SSSR count). The van der Waals surface area contributed by atoms with E-state index in [2.05, 4.69) is 0 Å². The molecule has 0 aromatic heterocycles. The van der Waals surface area contributed by atoms with Crippen molar-refractivity contribution in [3.63, 3.8) is 0 Å². The molecular formula is C13H14ClFN2O3. The summed E-state index contributed by atoms with van der Waals surface area (Å²) >= 11 is 5.80. The van der Waals surface area contributed by atoms with Crippen LogP contribution in [0.5, 0.6) is 0 Å². The standard InChI is InChI=1S/C13H14ClFN2O3/c14-7-9-2-1-5-16(8-9)13(18)11-4-3-10(15)6-12(11)17(19)20/h3-4,6,9H,1-2,5,7-8H2. The molecule has 1 heterocycles. The Labute approximate surface area is 120 Å². The fraction of sp³-hybridized carbons (Fsp3) is 0.462. The number of alkyl halides is 1. The largest absolute Gasteiger partial charge is 0.338 e. The Morgan fingerprint density at radius 2 is 2.30 bits per heavy atom. The van der Waals surface area contributed by atoms with Crippen molar-refractivity contribution in [1.29, 1.82) is 0 Å². The second kappa shape index (κ2) is 6.17. The number of hydrogen-bond donors (Lipinski definition) is 0. The topological polar surface area (TPSA) is 63.4 Å². The third-order valence-electron chi connectivity index (χ3n) is 3.41. The fourth-order valence-electron chi connectivity index (χ4n) is 2.38. The van der Waals surface area contributed by atoms with Gasteiger partial charge in [0, 0.05) is 19.0 Å². The molecule has 1 aromatic rings. The van der Waals surface area contributed by atoms with Crippen LogP contribution in [-0.4, -0.2) is 34.7 Å². The minimum atomic E-state index is -0.737. The number of carbonyl (C=O) groups is 1. The van der Waals surface area contributed by atoms with Crippen LogP contribution < -0.4 is 0 Å². The molecule has 1 amide bonds. The number of benzene rings is 1. The first kappa shape index (κ1) is 14.7. The van der Waals surface area contributed by atoms with Crippen LogP contribution in [-0.2, 0) is 0 Å². The number of hydrogen-bond acceptors (Lipinski definition) is 3. The Morgan fingerprint density at radius 1 is 1.55 bits per heavy atom. The van der Waals surface area contributed by atoms with E-state index in [4.69, 9.17) is 11.6 Å². The van der Waals surface area contributed by atoms with Crippen molar-refractivity contribution in [2.45, 2.75) is 12.8 Å². The first-order valence-corrected chi connectivity index (χ1v) is 6.85. The molecule has 1 atom stereocenters. The summed E-state index contributed by atoms with van der Waals surface area (Å²) in [5.74, 6) is -0.513. The summed E-state index contributed by atoms with van der Waals surface area (Å²) in [6, 6.07) is 3.00. The fourth-order valence-corrected chi connectivity index (χ4v) is 2.63. The third kappa shape index (κ3) is 3.07. The van der Waals surface area contributed by atoms with Crippen molar-refractivity contribution in [2.75, 3.05) is 19.0 Å². The smallest absolute Gasteiger partial charge is 0.285 e. The van der Waals surface area contributed by atoms with Crippen molar-refractivity contribution in [3.05, 3.63) is 39.7 Å². The maximum absolute atomic E-state index is 13.1. The predicted octanol–water partition coefficient (Wildman–Crippen LogP) is 2.82. The van der Waals surface area contributed by atoms with Crippen molar-refractivity contribution >= 4 is 23.2 Å². The number of nitrogens with zero attached hydrogens (tertiary/aromatic N) is 2. The lowest BCUT2D eigenvalue weighted by Gasteiger charge is -2.31. The molecule has 7 heteroatoms. The molecule has 0 radical (unpaired) electrons. The zero-order chi connectivity index (χ0) is 14.7. The Bertz CT molecular complexity index is 538. The van der Waals surface area contributed by atoms with E-state index in [-0.39, 0.29) is 11.5 Å². The molecular weight excluding hydrogens is 287 g/mol. The first-order chi connectivity index (χ1) is 9.52. The Morgan fingerprint density at radius 3 is 2.95 bits per heavy atom. The summed E-state index contributed by atoms with van der Waals surface area (Å²) < 4.78 is 13.1. The molecule has 1 aliphatic heterocycles. The second-order valence-corrected chi connectivity index (χ2v) is 5.14. The molecule has 0 N–H and O–H groups in total. The summed E-state index contributed by atoms with van der Waals surface area (Å²) in [6.07, 6.45) is 1.76. The van der Waals surface area contributed by atoms with Crippen molar-refractivity contribution in [3.8, 4) is 0 Å². The van der Waals surface area contributed by atoms with Gasteiger partial charge in [0.15, 0.2) is 0 Å². The van der Waals surface area contributed by atoms with Crippen LogP contribution in [0.4, 0.5) is 10.1 Å². The number of piperidine rings is 1. The Hall–Kier alpha value is -1.69. The van der Waals surface area contributed by atoms with E-state index in [1.54, 1.807) is 4.90 Å². The van der Waals surface area contributed by atoms with Gasteiger partial charge in [0.2, 0.25) is 0 Å². The summed E-state index contributed by atoms with van der Waals surface area (Å²) in [4.78, 5) is 24.1. The third-order valence-corrected chi connectivity index (χ3v) is 3.85. The first-order valence-electron chi connectivity index (χ1n) is 6.32. The van der Waals surface area contributed by atoms with Gasteiger partial charge in [-0.15, -0.1) is 11.6 Å². The molecule has 1 aromatic carbocycles. The maximum atomic E-state index is 13.1. The van der Waals surface area contributed by atoms with Gasteiger partial charge in [-0.2, -0.15) is 0 Å². The lowest BCUT2D eigenvalue weighted by Crippen LogP contribution is -2.40. The van der Waals surface area contributed by atoms with Crippen LogP contribution in [0.2, 0.25) is 0 Å². The lowest BCUT2D eigenvalue weighted by molar-refractivity contribution is -0.385. The number of halogens is 2. The second-order valence-electron chi connectivity index (χ2n) is 4.83. The highest BCUT2D eigenvalue weighted by Crippen LogP contribution is 2.24. The quantitative estimate of drug-likeness (QED) is 0.490. The Balaban J connectivity index is 2.27. The monoisotopic (exact) mass is 300 g/mol. The van der Waals surface area contributed by atoms with Crippen LogP contribution >= 0.6 is 11.6 Å². The van der Waals surface area contributed by atoms with E-state index in [0.29, 0.717) is 19.0 Å². The number of likely N-dealkylation sites (tertiary alicyclic amines) is 1. The number of carbonyl (C=O) groups excluding carboxylic acids is 1. The lowest BCUT2D eigenvalue weighted by atomic mass is 9.99. The van der Waals surface area contributed by atoms with Gasteiger partial charge in [-0.3, -0.25) is 14.9 Å². The van der Waals surface area contributed by atoms with Gasteiger partial charge in [-0.05, 0) is 30.9 Å². The zero-order valence-electron chi connectivity index (χ0n) is 10.7. The number of nitro benzene ring substituents is 1. The van der Waals surface area contributed by atoms with Gasteiger partial charge in [-0.25, -0.2) is 4.39 Å². The molecule has 1 aliphatic rings. The Kier molecular flexibility index (Phi) is 4.54. The normalized spacial score (nSPS) is 18.9. The SMILES string of the molecule is O=C(c1ccc(F)cc1[N+](=O)[O-])N1CCCC(CCl)C1. The number of nitro groups is 1. The molecule has 0 saturated carbocycles. The average Bonchev–Trinajstić information content (AvgIpc) is 2.46. The summed E-state index contributed by atoms with van der Waals surface area (Å²) in [6.45, 7) is 1.03. The molecule has 0 bridgehead atoms. The van der Waals surface area contributed by atoms with Crippen LogP contribution in [0.3, 0.4) is 0 Å². The van der Waals surface area contributed by atoms with Gasteiger partial charge < -0.3 is 4.90 Å². The van der Waals surface area contributed by atoms with Gasteiger partial charge in [0.05, 0.1) is 11.0 Å². The van der Waals surface area contributed by atoms with Gasteiger partial charge in [-0.1, -0.05) is 0 Å². The van der Waals surface area contributed by atoms with Gasteiger partial charge >= 0.3 is 0 Å². The van der Waals surface area contributed by atoms with E-state index < -0.39 is 22.3 Å². The van der Waals surface area contributed by atoms with Crippen LogP contribution in [0.15, 0.2) is 18.2 Å². The van der Waals surface area contributed by atoms with Crippen LogP contribution in [0.1, 0.15) is 23.2 Å². The van der Waals surface area contributed by atoms with E-state index >= 15 is 0 Å². The number of amides is 1. The van der Waals surface area contributed by atoms with Crippen molar-refractivity contribution in [2.24, 2.45) is 5.92 Å². The molecule has 20 heavy (non-hydrogen) atoms. The highest BCUT2D eigenvalue weighted by molar-refractivity contribution is 6.18. The van der Waals surface area contributed by atoms with E-state index in [1.165, 1.54) is 6.07 Å². The van der Waals surface area contributed by atoms with Crippen molar-refractivity contribution in [1.82, 2.24) is 4.90 Å². The average molecular weight is 301 g/mol. The zero-order valence-corrected chi connectivity index (χ0v) is 11.5. The molecule has 1 fully saturated rings. The predicted molar refractivity (Wildman–Crippen MR) is 72.4 cm³/mol. The molecule has 0 aliphatic carbocycles. The summed E-state index contributed by atoms with van der Waals surface area (Å²) in [5.41, 5.74) is -0.574. The molecule has 0 spiro atoms. The highest BCUT2D eigenvalue weighted by atomic mass is 35.5. The molecule has 1 saturated heterocycles. The molecule has 1 unspecified atom stereocenters. The van der Waals surface area contributed by atoms with Crippen LogP contribution in [0, 0.1) is 21.8 Å². The van der Waals surface area contributed by atoms with Gasteiger partial charge in [0.25, 0.3) is 11.6 Å². The number of rotatable bonds is 3. The molecule has 108 valence electrons. The van der Waals surface area contributed by atoms with Gasteiger partial charge in [0.1, 0.15) is 11.4 Å². The van der Waals surface area contributed by atoms with E-state index in [1.807, 2.05) is 0 Å². The van der Waals surface area contributed by atoms with E-state index in [0.717, 1.165) is 25.0 Å². The van der Waals surface area contributed by atoms with Crippen LogP contribution in [0.25, 0.3) is 0 Å². The minimum Gasteiger partial charge on any atom is -0.338 e. The minimum absolute atomic E-state index is 0.0772. The maximum Gasteiger partial charge on any atom is 0.285 e. The van der Waals surface area contributed by atoms with Crippen molar-refractivity contribution < 1.29 is 14.1 Å². The van der Waals surface area contributed by atoms with E-state index in [9.17, 15) is 19.3 Å². The summed E-state index contributed by atoms with van der Waals surface area (Å²) in [7, 11) is 0. The summed E-state index contributed by atoms with van der Waals surface area (Å²) in [5, 5.41) is 10.9. The highest BCUT2D eigenvalue weighted by Gasteiger charge is 2.28. The molecule has 5 nitrogen and oxygen atoms in total.